The summed E-state index contributed by atoms with van der Waals surface area (Å²) in [5, 5.41) is 7.56. The number of amides is 3. The summed E-state index contributed by atoms with van der Waals surface area (Å²) in [7, 11) is -1.01. The minimum atomic E-state index is -4.09. The average Bonchev–Trinajstić information content (AvgIpc) is 3.52. The fourth-order valence-electron chi connectivity index (χ4n) is 10.4. The van der Waals surface area contributed by atoms with Gasteiger partial charge in [-0.2, -0.15) is 17.8 Å². The number of carbonyl (C=O) groups is 2. The van der Waals surface area contributed by atoms with Gasteiger partial charge in [0.25, 0.3) is 5.56 Å². The molecule has 3 amide bonds. The lowest BCUT2D eigenvalue weighted by molar-refractivity contribution is -0.120. The zero-order chi connectivity index (χ0) is 44.2. The maximum atomic E-state index is 15.6. The smallest absolute Gasteiger partial charge is 0.329 e. The van der Waals surface area contributed by atoms with Gasteiger partial charge in [-0.05, 0) is 99.5 Å². The number of halogens is 3. The fourth-order valence-corrected chi connectivity index (χ4v) is 11.3. The molecule has 2 N–H and O–H groups in total. The summed E-state index contributed by atoms with van der Waals surface area (Å²) in [6.45, 7) is 5.43. The lowest BCUT2D eigenvalue weighted by Gasteiger charge is -2.63. The van der Waals surface area contributed by atoms with Crippen LogP contribution in [0, 0.1) is 28.3 Å². The molecule has 0 unspecified atom stereocenters. The molecule has 0 bridgehead atoms. The van der Waals surface area contributed by atoms with Crippen molar-refractivity contribution in [2.75, 3.05) is 60.8 Å². The summed E-state index contributed by atoms with van der Waals surface area (Å²) < 4.78 is 82.9. The minimum absolute atomic E-state index is 0.00793. The molecule has 5 aromatic rings. The van der Waals surface area contributed by atoms with Gasteiger partial charge in [-0.3, -0.25) is 33.8 Å². The van der Waals surface area contributed by atoms with Crippen molar-refractivity contribution < 1.29 is 35.9 Å². The first-order chi connectivity index (χ1) is 30.0. The average molecular weight is 889 g/mol. The van der Waals surface area contributed by atoms with Crippen LogP contribution < -0.4 is 30.1 Å². The number of aromatic nitrogens is 4. The number of nitrogens with one attached hydrogen (secondary N) is 2. The van der Waals surface area contributed by atoms with Gasteiger partial charge in [0.1, 0.15) is 11.6 Å². The minimum Gasteiger partial charge on any atom is -0.451 e. The Bertz CT molecular complexity index is 2880. The number of benzene rings is 3. The van der Waals surface area contributed by atoms with E-state index in [0.717, 1.165) is 81.1 Å². The molecule has 3 saturated heterocycles. The Morgan fingerprint density at radius 3 is 2.37 bits per heavy atom. The summed E-state index contributed by atoms with van der Waals surface area (Å²) in [5.74, 6) is -3.48. The second kappa shape index (κ2) is 14.9. The van der Waals surface area contributed by atoms with Gasteiger partial charge in [0.2, 0.25) is 11.7 Å². The van der Waals surface area contributed by atoms with Crippen molar-refractivity contribution in [1.29, 1.82) is 0 Å². The van der Waals surface area contributed by atoms with Crippen LogP contribution in [0.2, 0.25) is 0 Å². The maximum Gasteiger partial charge on any atom is 0.329 e. The van der Waals surface area contributed by atoms with Gasteiger partial charge >= 0.3 is 16.2 Å². The lowest BCUT2D eigenvalue weighted by atomic mass is 9.57. The Hall–Kier alpha value is -5.73. The zero-order valence-electron chi connectivity index (χ0n) is 35.0. The molecule has 16 nitrogen and oxygen atoms in total. The van der Waals surface area contributed by atoms with E-state index in [2.05, 4.69) is 29.9 Å². The van der Waals surface area contributed by atoms with Crippen LogP contribution in [0.4, 0.5) is 35.2 Å². The number of anilines is 3. The van der Waals surface area contributed by atoms with Crippen molar-refractivity contribution in [3.8, 4) is 11.5 Å². The van der Waals surface area contributed by atoms with E-state index in [1.165, 1.54) is 30.1 Å². The van der Waals surface area contributed by atoms with E-state index in [4.69, 9.17) is 4.74 Å². The van der Waals surface area contributed by atoms with Crippen LogP contribution in [0.25, 0.3) is 21.8 Å². The highest BCUT2D eigenvalue weighted by Crippen LogP contribution is 2.57. The van der Waals surface area contributed by atoms with E-state index in [9.17, 15) is 27.2 Å². The van der Waals surface area contributed by atoms with Gasteiger partial charge in [-0.25, -0.2) is 22.9 Å². The maximum absolute atomic E-state index is 15.6. The number of fused-ring (bicyclic) bond motifs is 2. The predicted molar refractivity (Wildman–Crippen MR) is 229 cm³/mol. The van der Waals surface area contributed by atoms with E-state index in [1.807, 2.05) is 0 Å². The molecule has 2 saturated carbocycles. The highest BCUT2D eigenvalue weighted by Gasteiger charge is 2.56. The Morgan fingerprint density at radius 2 is 1.65 bits per heavy atom. The van der Waals surface area contributed by atoms with E-state index in [-0.39, 0.29) is 64.8 Å². The number of piperidine rings is 1. The van der Waals surface area contributed by atoms with Crippen LogP contribution in [-0.2, 0) is 22.1 Å². The SMILES string of the molecule is CCN(C)S(=O)(=O)Nc1ccc(F)c(Oc2ccc3ncn(C4CC5(CCN(C6CC7(C6)CN(c6cc8c(cc6F)c(N6CCC(=O)NC6=O)nn8C)C7)CC5)C4)c(=O)c3c2)c1F. The largest absolute Gasteiger partial charge is 0.451 e. The molecule has 5 fully saturated rings. The molecule has 10 rings (SSSR count). The molecule has 63 heavy (non-hydrogen) atoms. The molecule has 3 aromatic carbocycles. The monoisotopic (exact) mass is 888 g/mol. The van der Waals surface area contributed by atoms with E-state index >= 15 is 8.78 Å². The second-order valence-corrected chi connectivity index (χ2v) is 19.8. The van der Waals surface area contributed by atoms with Crippen molar-refractivity contribution in [1.82, 2.24) is 33.9 Å². The van der Waals surface area contributed by atoms with Crippen molar-refractivity contribution in [2.45, 2.75) is 64.0 Å². The first kappa shape index (κ1) is 41.3. The molecule has 0 atom stereocenters. The Morgan fingerprint density at radius 1 is 0.921 bits per heavy atom. The first-order valence-electron chi connectivity index (χ1n) is 21.2. The number of ether oxygens (including phenoxy) is 1. The van der Waals surface area contributed by atoms with Crippen molar-refractivity contribution in [3.05, 3.63) is 76.6 Å². The standard InChI is InChI=1S/C43H47F3N10O6S/c1-4-51(2)63(60,61)50-33-8-6-30(44)38(37(33)46)62-27-5-7-32-28(15-27)40(58)56(24-47-32)26-20-42(21-26)10-13-53(14-11-42)25-18-43(19-25)22-54(23-43)35-17-34-29(16-31(35)45)39(49-52(34)3)55-12-9-36(57)48-41(55)59/h5-8,15-17,24-26,50H,4,9-14,18-23H2,1-3H3,(H,48,57,59). The summed E-state index contributed by atoms with van der Waals surface area (Å²) in [6.07, 6.45) is 7.59. The molecular formula is C43H47F3N10O6S. The van der Waals surface area contributed by atoms with Crippen LogP contribution in [0.15, 0.2) is 53.6 Å². The van der Waals surface area contributed by atoms with Crippen molar-refractivity contribution in [2.24, 2.45) is 17.9 Å². The third-order valence-corrected chi connectivity index (χ3v) is 15.7. The number of likely N-dealkylation sites (tertiary alicyclic amines) is 1. The topological polar surface area (TPSA) is 167 Å². The molecular weight excluding hydrogens is 842 g/mol. The number of hydrogen-bond donors (Lipinski definition) is 2. The predicted octanol–water partition coefficient (Wildman–Crippen LogP) is 5.63. The molecule has 5 heterocycles. The number of carbonyl (C=O) groups excluding carboxylic acids is 2. The summed E-state index contributed by atoms with van der Waals surface area (Å²) in [4.78, 5) is 48.5. The number of urea groups is 1. The van der Waals surface area contributed by atoms with Crippen LogP contribution in [0.3, 0.4) is 0 Å². The van der Waals surface area contributed by atoms with E-state index < -0.39 is 39.3 Å². The van der Waals surface area contributed by atoms with Gasteiger partial charge in [0, 0.05) is 69.6 Å². The third-order valence-electron chi connectivity index (χ3n) is 14.2. The van der Waals surface area contributed by atoms with Gasteiger partial charge in [-0.15, -0.1) is 0 Å². The third kappa shape index (κ3) is 7.05. The highest BCUT2D eigenvalue weighted by atomic mass is 32.2. The highest BCUT2D eigenvalue weighted by molar-refractivity contribution is 7.90. The molecule has 20 heteroatoms. The van der Waals surface area contributed by atoms with Crippen molar-refractivity contribution >= 4 is 61.1 Å². The number of imide groups is 1. The molecule has 3 aliphatic heterocycles. The molecule has 5 aliphatic rings. The molecule has 332 valence electrons. The van der Waals surface area contributed by atoms with Gasteiger partial charge in [0.05, 0.1) is 34.1 Å². The van der Waals surface area contributed by atoms with Crippen molar-refractivity contribution in [3.63, 3.8) is 0 Å². The summed E-state index contributed by atoms with van der Waals surface area (Å²) in [6, 6.07) is 9.39. The second-order valence-electron chi connectivity index (χ2n) is 18.0. The normalized spacial score (nSPS) is 21.2. The number of rotatable bonds is 10. The van der Waals surface area contributed by atoms with Crippen LogP contribution in [-0.4, -0.2) is 101 Å². The van der Waals surface area contributed by atoms with Crippen LogP contribution in [0.1, 0.15) is 57.9 Å². The first-order valence-corrected chi connectivity index (χ1v) is 22.7. The quantitative estimate of drug-likeness (QED) is 0.179. The molecule has 2 aliphatic carbocycles. The molecule has 2 aromatic heterocycles. The molecule has 2 spiro atoms. The Labute approximate surface area is 360 Å². The summed E-state index contributed by atoms with van der Waals surface area (Å²) >= 11 is 0. The van der Waals surface area contributed by atoms with Crippen LogP contribution >= 0.6 is 0 Å². The lowest BCUT2D eigenvalue weighted by Crippen LogP contribution is -2.67. The Kier molecular flexibility index (Phi) is 9.79. The number of aryl methyl sites for hydroxylation is 1. The van der Waals surface area contributed by atoms with Gasteiger partial charge in [0.15, 0.2) is 17.5 Å². The Balaban J connectivity index is 0.740. The molecule has 0 radical (unpaired) electrons. The summed E-state index contributed by atoms with van der Waals surface area (Å²) in [5.41, 5.74) is 1.17. The van der Waals surface area contributed by atoms with Crippen LogP contribution in [0.5, 0.6) is 11.5 Å². The number of nitrogens with zero attached hydrogens (tertiary/aromatic N) is 8. The fraction of sp³-hybridized carbons (Fsp3) is 0.465. The van der Waals surface area contributed by atoms with Gasteiger partial charge in [-0.1, -0.05) is 6.92 Å². The van der Waals surface area contributed by atoms with E-state index in [1.54, 1.807) is 41.7 Å². The number of hydrogen-bond acceptors (Lipinski definition) is 10. The van der Waals surface area contributed by atoms with Gasteiger partial charge < -0.3 is 14.5 Å². The zero-order valence-corrected chi connectivity index (χ0v) is 35.9. The van der Waals surface area contributed by atoms with E-state index in [0.29, 0.717) is 34.0 Å².